The molecule has 0 saturated carbocycles. The monoisotopic (exact) mass is 389 g/mol. The van der Waals surface area contributed by atoms with Crippen LogP contribution in [-0.2, 0) is 16.4 Å². The average molecular weight is 391 g/mol. The van der Waals surface area contributed by atoms with Crippen LogP contribution in [0.4, 0.5) is 5.69 Å². The predicted octanol–water partition coefficient (Wildman–Crippen LogP) is 3.44. The van der Waals surface area contributed by atoms with Crippen LogP contribution < -0.4 is 4.72 Å². The molecule has 2 N–H and O–H groups in total. The average Bonchev–Trinajstić information content (AvgIpc) is 2.44. The van der Waals surface area contributed by atoms with Crippen LogP contribution in [0.25, 0.3) is 0 Å². The van der Waals surface area contributed by atoms with Crippen LogP contribution in [0.5, 0.6) is 0 Å². The summed E-state index contributed by atoms with van der Waals surface area (Å²) in [5, 5.41) is 9.17. The van der Waals surface area contributed by atoms with Crippen LogP contribution in [0.15, 0.2) is 51.8 Å². The fourth-order valence-electron chi connectivity index (χ4n) is 1.74. The number of halogens is 2. The van der Waals surface area contributed by atoms with Crippen molar-refractivity contribution in [3.63, 3.8) is 0 Å². The molecule has 0 aliphatic carbocycles. The standard InChI is InChI=1S/C14H13BrClNO3S/c15-11-3-6-13(16)14(9-11)17-21(19,20)12-4-1-10(2-5-12)7-8-18/h1-6,9,17-18H,7-8H2. The molecule has 2 aromatic carbocycles. The molecule has 0 aliphatic heterocycles. The molecule has 0 bridgehead atoms. The Morgan fingerprint density at radius 3 is 2.43 bits per heavy atom. The van der Waals surface area contributed by atoms with Crippen molar-refractivity contribution in [2.45, 2.75) is 11.3 Å². The zero-order valence-corrected chi connectivity index (χ0v) is 14.0. The SMILES string of the molecule is O=S(=O)(Nc1cc(Br)ccc1Cl)c1ccc(CCO)cc1. The molecule has 2 rings (SSSR count). The number of sulfonamides is 1. The molecular weight excluding hydrogens is 378 g/mol. The van der Waals surface area contributed by atoms with E-state index in [9.17, 15) is 8.42 Å². The lowest BCUT2D eigenvalue weighted by Crippen LogP contribution is -2.13. The predicted molar refractivity (Wildman–Crippen MR) is 87.2 cm³/mol. The molecule has 0 aromatic heterocycles. The van der Waals surface area contributed by atoms with Gasteiger partial charge in [-0.3, -0.25) is 4.72 Å². The van der Waals surface area contributed by atoms with E-state index < -0.39 is 10.0 Å². The lowest BCUT2D eigenvalue weighted by Gasteiger charge is -2.10. The van der Waals surface area contributed by atoms with E-state index >= 15 is 0 Å². The summed E-state index contributed by atoms with van der Waals surface area (Å²) in [5.74, 6) is 0. The van der Waals surface area contributed by atoms with Gasteiger partial charge in [0.2, 0.25) is 0 Å². The summed E-state index contributed by atoms with van der Waals surface area (Å²) >= 11 is 9.25. The van der Waals surface area contributed by atoms with Crippen LogP contribution >= 0.6 is 27.5 Å². The first-order valence-electron chi connectivity index (χ1n) is 6.10. The Kier molecular flexibility index (Phi) is 5.27. The summed E-state index contributed by atoms with van der Waals surface area (Å²) in [6.07, 6.45) is 0.491. The topological polar surface area (TPSA) is 66.4 Å². The summed E-state index contributed by atoms with van der Waals surface area (Å²) < 4.78 is 27.8. The highest BCUT2D eigenvalue weighted by atomic mass is 79.9. The molecule has 21 heavy (non-hydrogen) atoms. The number of anilines is 1. The lowest BCUT2D eigenvalue weighted by atomic mass is 10.2. The summed E-state index contributed by atoms with van der Waals surface area (Å²) in [6.45, 7) is 0.0258. The van der Waals surface area contributed by atoms with Gasteiger partial charge >= 0.3 is 0 Å². The molecular formula is C14H13BrClNO3S. The number of hydrogen-bond acceptors (Lipinski definition) is 3. The maximum Gasteiger partial charge on any atom is 0.261 e. The smallest absolute Gasteiger partial charge is 0.261 e. The van der Waals surface area contributed by atoms with Crippen molar-refractivity contribution in [2.75, 3.05) is 11.3 Å². The van der Waals surface area contributed by atoms with Crippen molar-refractivity contribution in [1.82, 2.24) is 0 Å². The summed E-state index contributed by atoms with van der Waals surface area (Å²) in [6, 6.07) is 11.3. The van der Waals surface area contributed by atoms with E-state index in [2.05, 4.69) is 20.7 Å². The Bertz CT molecular complexity index is 732. The second-order valence-electron chi connectivity index (χ2n) is 4.35. The molecule has 0 saturated heterocycles. The molecule has 2 aromatic rings. The minimum absolute atomic E-state index is 0.0258. The van der Waals surface area contributed by atoms with Crippen LogP contribution in [-0.4, -0.2) is 20.1 Å². The molecule has 0 atom stereocenters. The van der Waals surface area contributed by atoms with Crippen LogP contribution in [0.3, 0.4) is 0 Å². The van der Waals surface area contributed by atoms with Gasteiger partial charge in [0.25, 0.3) is 10.0 Å². The van der Waals surface area contributed by atoms with Crippen LogP contribution in [0.2, 0.25) is 5.02 Å². The third-order valence-corrected chi connectivity index (χ3v) is 5.01. The molecule has 0 amide bonds. The molecule has 4 nitrogen and oxygen atoms in total. The largest absolute Gasteiger partial charge is 0.396 e. The van der Waals surface area contributed by atoms with E-state index in [1.165, 1.54) is 12.1 Å². The Labute approximate surface area is 136 Å². The van der Waals surface area contributed by atoms with Gasteiger partial charge in [-0.15, -0.1) is 0 Å². The summed E-state index contributed by atoms with van der Waals surface area (Å²) in [7, 11) is -3.70. The maximum atomic E-state index is 12.3. The number of benzene rings is 2. The van der Waals surface area contributed by atoms with Gasteiger partial charge in [-0.2, -0.15) is 0 Å². The van der Waals surface area contributed by atoms with Crippen molar-refractivity contribution in [3.05, 3.63) is 57.5 Å². The molecule has 0 aliphatic rings. The fourth-order valence-corrected chi connectivity index (χ4v) is 3.40. The van der Waals surface area contributed by atoms with E-state index in [0.29, 0.717) is 17.1 Å². The zero-order valence-electron chi connectivity index (χ0n) is 10.9. The Hall–Kier alpha value is -1.08. The minimum atomic E-state index is -3.70. The minimum Gasteiger partial charge on any atom is -0.396 e. The van der Waals surface area contributed by atoms with E-state index in [1.807, 2.05) is 0 Å². The number of hydrogen-bond donors (Lipinski definition) is 2. The van der Waals surface area contributed by atoms with Gasteiger partial charge in [0.15, 0.2) is 0 Å². The van der Waals surface area contributed by atoms with Gasteiger partial charge in [0.1, 0.15) is 0 Å². The molecule has 0 heterocycles. The first-order chi connectivity index (χ1) is 9.92. The fraction of sp³-hybridized carbons (Fsp3) is 0.143. The molecule has 7 heteroatoms. The second kappa shape index (κ2) is 6.79. The number of aliphatic hydroxyl groups is 1. The highest BCUT2D eigenvalue weighted by Gasteiger charge is 2.15. The molecule has 112 valence electrons. The quantitative estimate of drug-likeness (QED) is 0.822. The van der Waals surface area contributed by atoms with E-state index in [4.69, 9.17) is 16.7 Å². The van der Waals surface area contributed by atoms with Crippen molar-refractivity contribution >= 4 is 43.2 Å². The zero-order chi connectivity index (χ0) is 15.5. The van der Waals surface area contributed by atoms with E-state index in [-0.39, 0.29) is 11.5 Å². The van der Waals surface area contributed by atoms with Crippen molar-refractivity contribution in [2.24, 2.45) is 0 Å². The van der Waals surface area contributed by atoms with E-state index in [1.54, 1.807) is 30.3 Å². The number of nitrogens with one attached hydrogen (secondary N) is 1. The van der Waals surface area contributed by atoms with Gasteiger partial charge in [-0.25, -0.2) is 8.42 Å². The molecule has 0 unspecified atom stereocenters. The highest BCUT2D eigenvalue weighted by Crippen LogP contribution is 2.28. The maximum absolute atomic E-state index is 12.3. The summed E-state index contributed by atoms with van der Waals surface area (Å²) in [5.41, 5.74) is 1.18. The third-order valence-electron chi connectivity index (χ3n) is 2.81. The lowest BCUT2D eigenvalue weighted by molar-refractivity contribution is 0.299. The van der Waals surface area contributed by atoms with Gasteiger partial charge in [-0.05, 0) is 42.3 Å². The van der Waals surface area contributed by atoms with Crippen molar-refractivity contribution < 1.29 is 13.5 Å². The first kappa shape index (κ1) is 16.3. The molecule has 0 radical (unpaired) electrons. The van der Waals surface area contributed by atoms with Gasteiger partial charge < -0.3 is 5.11 Å². The van der Waals surface area contributed by atoms with Crippen LogP contribution in [0, 0.1) is 0 Å². The Morgan fingerprint density at radius 1 is 1.14 bits per heavy atom. The highest BCUT2D eigenvalue weighted by molar-refractivity contribution is 9.10. The van der Waals surface area contributed by atoms with Gasteiger partial charge in [0.05, 0.1) is 15.6 Å². The van der Waals surface area contributed by atoms with Gasteiger partial charge in [-0.1, -0.05) is 39.7 Å². The third kappa shape index (κ3) is 4.20. The van der Waals surface area contributed by atoms with Crippen molar-refractivity contribution in [3.8, 4) is 0 Å². The number of aliphatic hydroxyl groups excluding tert-OH is 1. The van der Waals surface area contributed by atoms with Gasteiger partial charge in [0, 0.05) is 11.1 Å². The number of rotatable bonds is 5. The first-order valence-corrected chi connectivity index (χ1v) is 8.75. The Morgan fingerprint density at radius 2 is 1.81 bits per heavy atom. The van der Waals surface area contributed by atoms with E-state index in [0.717, 1.165) is 10.0 Å². The molecule has 0 spiro atoms. The molecule has 0 fully saturated rings. The van der Waals surface area contributed by atoms with Crippen LogP contribution in [0.1, 0.15) is 5.56 Å². The summed E-state index contributed by atoms with van der Waals surface area (Å²) in [4.78, 5) is 0.139. The normalized spacial score (nSPS) is 11.4. The van der Waals surface area contributed by atoms with Crippen molar-refractivity contribution in [1.29, 1.82) is 0 Å². The Balaban J connectivity index is 2.27. The second-order valence-corrected chi connectivity index (χ2v) is 7.35.